The van der Waals surface area contributed by atoms with Crippen molar-refractivity contribution in [1.29, 1.82) is 0 Å². The fourth-order valence-corrected chi connectivity index (χ4v) is 6.16. The van der Waals surface area contributed by atoms with Gasteiger partial charge < -0.3 is 24.4 Å². The molecule has 1 aliphatic heterocycles. The van der Waals surface area contributed by atoms with Gasteiger partial charge in [-0.3, -0.25) is 9.59 Å². The second-order valence-corrected chi connectivity index (χ2v) is 10.4. The quantitative estimate of drug-likeness (QED) is 0.359. The minimum absolute atomic E-state index is 0.0348. The Kier molecular flexibility index (Phi) is 7.98. The zero-order chi connectivity index (χ0) is 27.5. The average Bonchev–Trinajstić information content (AvgIpc) is 2.97. The maximum Gasteiger partial charge on any atom is 0.254 e. The van der Waals surface area contributed by atoms with E-state index in [0.717, 1.165) is 37.7 Å². The lowest BCUT2D eigenvalue weighted by Crippen LogP contribution is -2.51. The molecule has 5 rings (SSSR count). The number of nitrogens with zero attached hydrogens (tertiary/aromatic N) is 1. The van der Waals surface area contributed by atoms with Gasteiger partial charge in [-0.15, -0.1) is 0 Å². The number of carbonyl (C=O) groups excluding carboxylic acids is 2. The predicted molar refractivity (Wildman–Crippen MR) is 151 cm³/mol. The van der Waals surface area contributed by atoms with E-state index in [1.54, 1.807) is 19.2 Å². The summed E-state index contributed by atoms with van der Waals surface area (Å²) < 4.78 is 16.2. The van der Waals surface area contributed by atoms with Gasteiger partial charge in [-0.2, -0.15) is 0 Å². The van der Waals surface area contributed by atoms with Crippen LogP contribution < -0.4 is 19.5 Å². The van der Waals surface area contributed by atoms with Crippen LogP contribution in [0.1, 0.15) is 65.5 Å². The zero-order valence-electron chi connectivity index (χ0n) is 22.4. The molecule has 2 atom stereocenters. The number of hydrogen-bond acceptors (Lipinski definition) is 5. The van der Waals surface area contributed by atoms with E-state index in [-0.39, 0.29) is 17.9 Å². The number of benzene rings is 3. The van der Waals surface area contributed by atoms with Crippen LogP contribution in [0, 0.1) is 0 Å². The number of ether oxygens (including phenoxy) is 3. The fraction of sp³-hybridized carbons (Fsp3) is 0.355. The van der Waals surface area contributed by atoms with E-state index in [0.29, 0.717) is 39.1 Å². The number of nitrogens with one attached hydrogen (secondary N) is 1. The Morgan fingerprint density at radius 2 is 1.59 bits per heavy atom. The van der Waals surface area contributed by atoms with Crippen LogP contribution in [-0.4, -0.2) is 44.1 Å². The number of hydrogen-bond donors (Lipinski definition) is 1. The first-order valence-electron chi connectivity index (χ1n) is 13.2. The third kappa shape index (κ3) is 5.15. The second kappa shape index (κ2) is 11.6. The number of methoxy groups -OCH3 is 3. The van der Waals surface area contributed by atoms with E-state index in [2.05, 4.69) is 5.32 Å². The molecule has 3 aromatic rings. The van der Waals surface area contributed by atoms with Crippen LogP contribution >= 0.6 is 11.6 Å². The highest BCUT2D eigenvalue weighted by Gasteiger charge is 2.46. The summed E-state index contributed by atoms with van der Waals surface area (Å²) in [7, 11) is 4.67. The first kappa shape index (κ1) is 26.9. The Balaban J connectivity index is 1.63. The molecule has 1 fully saturated rings. The van der Waals surface area contributed by atoms with Crippen molar-refractivity contribution in [2.75, 3.05) is 26.6 Å². The number of amides is 2. The fourth-order valence-electron chi connectivity index (χ4n) is 5.92. The van der Waals surface area contributed by atoms with Crippen molar-refractivity contribution in [2.45, 2.75) is 50.1 Å². The van der Waals surface area contributed by atoms with Crippen LogP contribution in [0.25, 0.3) is 0 Å². The van der Waals surface area contributed by atoms with Gasteiger partial charge in [0.25, 0.3) is 5.91 Å². The third-order valence-corrected chi connectivity index (χ3v) is 8.11. The number of fused-ring (bicyclic) bond motifs is 1. The largest absolute Gasteiger partial charge is 0.497 e. The topological polar surface area (TPSA) is 77.1 Å². The molecule has 0 saturated heterocycles. The van der Waals surface area contributed by atoms with Crippen molar-refractivity contribution in [1.82, 2.24) is 4.90 Å². The number of anilines is 1. The van der Waals surface area contributed by atoms with E-state index < -0.39 is 12.0 Å². The molecule has 0 aromatic heterocycles. The molecule has 1 heterocycles. The van der Waals surface area contributed by atoms with Gasteiger partial charge in [0.2, 0.25) is 5.91 Å². The molecule has 39 heavy (non-hydrogen) atoms. The van der Waals surface area contributed by atoms with Crippen LogP contribution in [-0.2, 0) is 4.79 Å². The van der Waals surface area contributed by atoms with Gasteiger partial charge in [0.15, 0.2) is 0 Å². The van der Waals surface area contributed by atoms with Gasteiger partial charge in [-0.1, -0.05) is 61.2 Å². The van der Waals surface area contributed by atoms with Gasteiger partial charge in [0, 0.05) is 17.7 Å². The first-order chi connectivity index (χ1) is 19.0. The summed E-state index contributed by atoms with van der Waals surface area (Å²) in [4.78, 5) is 30.3. The highest BCUT2D eigenvalue weighted by atomic mass is 35.5. The molecule has 7 nitrogen and oxygen atoms in total. The van der Waals surface area contributed by atoms with E-state index >= 15 is 0 Å². The first-order valence-corrected chi connectivity index (χ1v) is 13.6. The summed E-state index contributed by atoms with van der Waals surface area (Å²) in [5, 5.41) is 3.41. The number of carbonyl (C=O) groups is 2. The second-order valence-electron chi connectivity index (χ2n) is 9.96. The van der Waals surface area contributed by atoms with Crippen molar-refractivity contribution in [3.05, 3.63) is 82.4 Å². The lowest BCUT2D eigenvalue weighted by Gasteiger charge is -2.46. The lowest BCUT2D eigenvalue weighted by molar-refractivity contribution is -0.119. The summed E-state index contributed by atoms with van der Waals surface area (Å²) >= 11 is 6.41. The number of rotatable bonds is 7. The van der Waals surface area contributed by atoms with Gasteiger partial charge in [0.1, 0.15) is 17.2 Å². The van der Waals surface area contributed by atoms with Crippen LogP contribution in [0.3, 0.4) is 0 Å². The van der Waals surface area contributed by atoms with Crippen LogP contribution in [0.15, 0.2) is 60.7 Å². The molecule has 3 aromatic carbocycles. The molecule has 204 valence electrons. The van der Waals surface area contributed by atoms with Gasteiger partial charge in [-0.25, -0.2) is 0 Å². The number of halogens is 1. The monoisotopic (exact) mass is 548 g/mol. The van der Waals surface area contributed by atoms with Gasteiger partial charge >= 0.3 is 0 Å². The molecule has 1 aliphatic carbocycles. The summed E-state index contributed by atoms with van der Waals surface area (Å²) in [5.41, 5.74) is 2.57. The van der Waals surface area contributed by atoms with Crippen molar-refractivity contribution in [3.8, 4) is 17.2 Å². The maximum atomic E-state index is 14.3. The molecule has 2 unspecified atom stereocenters. The summed E-state index contributed by atoms with van der Waals surface area (Å²) in [6, 6.07) is 17.9. The standard InChI is InChI=1S/C31H33ClN2O5/c1-37-21-15-13-19(14-16-21)29-28(30(35)33-25-17-24(32)26(38-2)18-27(25)39-3)22-11-7-8-12-23(22)31(36)34(29)20-9-5-4-6-10-20/h7-8,11-18,20,28-29H,4-6,9-10H2,1-3H3,(H,33,35). The van der Waals surface area contributed by atoms with Crippen molar-refractivity contribution in [3.63, 3.8) is 0 Å². The molecule has 0 spiro atoms. The average molecular weight is 549 g/mol. The van der Waals surface area contributed by atoms with Crippen molar-refractivity contribution in [2.24, 2.45) is 0 Å². The van der Waals surface area contributed by atoms with Gasteiger partial charge in [-0.05, 0) is 48.2 Å². The Morgan fingerprint density at radius 1 is 0.897 bits per heavy atom. The van der Waals surface area contributed by atoms with Crippen molar-refractivity contribution < 1.29 is 23.8 Å². The van der Waals surface area contributed by atoms with E-state index in [1.807, 2.05) is 53.4 Å². The predicted octanol–water partition coefficient (Wildman–Crippen LogP) is 6.62. The third-order valence-electron chi connectivity index (χ3n) is 7.82. The van der Waals surface area contributed by atoms with Crippen molar-refractivity contribution >= 4 is 29.1 Å². The van der Waals surface area contributed by atoms with E-state index in [4.69, 9.17) is 25.8 Å². The van der Waals surface area contributed by atoms with E-state index in [9.17, 15) is 9.59 Å². The molecule has 2 aliphatic rings. The minimum atomic E-state index is -0.667. The summed E-state index contributed by atoms with van der Waals surface area (Å²) in [6.45, 7) is 0. The normalized spacial score (nSPS) is 19.3. The minimum Gasteiger partial charge on any atom is -0.497 e. The molecule has 0 radical (unpaired) electrons. The molecule has 1 saturated carbocycles. The van der Waals surface area contributed by atoms with Crippen LogP contribution in [0.2, 0.25) is 5.02 Å². The molecule has 2 amide bonds. The maximum absolute atomic E-state index is 14.3. The van der Waals surface area contributed by atoms with Crippen LogP contribution in [0.4, 0.5) is 5.69 Å². The Labute approximate surface area is 234 Å². The molecular formula is C31H33ClN2O5. The lowest BCUT2D eigenvalue weighted by atomic mass is 9.77. The highest BCUT2D eigenvalue weighted by Crippen LogP contribution is 2.47. The molecule has 8 heteroatoms. The van der Waals surface area contributed by atoms with Crippen LogP contribution in [0.5, 0.6) is 17.2 Å². The molecular weight excluding hydrogens is 516 g/mol. The molecule has 1 N–H and O–H groups in total. The Hall–Kier alpha value is -3.71. The molecule has 0 bridgehead atoms. The zero-order valence-corrected chi connectivity index (χ0v) is 23.2. The van der Waals surface area contributed by atoms with E-state index in [1.165, 1.54) is 14.2 Å². The van der Waals surface area contributed by atoms with Gasteiger partial charge in [0.05, 0.1) is 44.0 Å². The summed E-state index contributed by atoms with van der Waals surface area (Å²) in [5.74, 6) is 0.627. The highest BCUT2D eigenvalue weighted by molar-refractivity contribution is 6.32. The SMILES string of the molecule is COc1ccc(C2C(C(=O)Nc3cc(Cl)c(OC)cc3OC)c3ccccc3C(=O)N2C2CCCCC2)cc1. The summed E-state index contributed by atoms with van der Waals surface area (Å²) in [6.07, 6.45) is 5.10. The smallest absolute Gasteiger partial charge is 0.254 e. The Morgan fingerprint density at radius 3 is 2.26 bits per heavy atom. The Bertz CT molecular complexity index is 1350.